The number of aryl methyl sites for hydroxylation is 1. The van der Waals surface area contributed by atoms with Crippen molar-refractivity contribution >= 4 is 35.2 Å². The van der Waals surface area contributed by atoms with Gasteiger partial charge in [-0.3, -0.25) is 29.6 Å². The molecule has 1 aliphatic rings. The number of halogens is 2. The third kappa shape index (κ3) is 5.70. The van der Waals surface area contributed by atoms with E-state index in [1.54, 1.807) is 18.2 Å². The van der Waals surface area contributed by atoms with Crippen LogP contribution >= 0.6 is 11.6 Å². The molecule has 1 fully saturated rings. The zero-order chi connectivity index (χ0) is 23.3. The molecule has 3 rings (SSSR count). The minimum atomic E-state index is -1.16. The molecule has 1 heterocycles. The molecule has 32 heavy (non-hydrogen) atoms. The number of hydrogen-bond acceptors (Lipinski definition) is 5. The molecule has 168 valence electrons. The zero-order valence-electron chi connectivity index (χ0n) is 17.3. The lowest BCUT2D eigenvalue weighted by Gasteiger charge is -2.19. The number of carbonyl (C=O) groups excluding carboxylic acids is 4. The van der Waals surface area contributed by atoms with Gasteiger partial charge in [0.25, 0.3) is 5.91 Å². The Kier molecular flexibility index (Phi) is 7.58. The second kappa shape index (κ2) is 10.4. The number of rotatable bonds is 8. The predicted octanol–water partition coefficient (Wildman–Crippen LogP) is 3.05. The summed E-state index contributed by atoms with van der Waals surface area (Å²) in [5, 5.41) is 1.08. The Morgan fingerprint density at radius 2 is 1.91 bits per heavy atom. The van der Waals surface area contributed by atoms with Gasteiger partial charge in [-0.25, -0.2) is 4.39 Å². The van der Waals surface area contributed by atoms with Crippen LogP contribution in [0, 0.1) is 18.7 Å². The average molecular weight is 461 g/mol. The highest BCUT2D eigenvalue weighted by Crippen LogP contribution is 2.21. The Labute approximate surface area is 189 Å². The van der Waals surface area contributed by atoms with Gasteiger partial charge in [0.15, 0.2) is 6.10 Å². The molecule has 0 aromatic heterocycles. The van der Waals surface area contributed by atoms with Gasteiger partial charge in [0.1, 0.15) is 5.82 Å². The second-order valence-corrected chi connectivity index (χ2v) is 7.87. The van der Waals surface area contributed by atoms with Crippen molar-refractivity contribution in [3.8, 4) is 0 Å². The number of nitrogens with one attached hydrogen (secondary N) is 1. The quantitative estimate of drug-likeness (QED) is 0.371. The molecule has 1 saturated heterocycles. The first-order valence-electron chi connectivity index (χ1n) is 10.0. The summed E-state index contributed by atoms with van der Waals surface area (Å²) in [4.78, 5) is 50.0. The first-order valence-corrected chi connectivity index (χ1v) is 10.6. The minimum Gasteiger partial charge on any atom is -0.454 e. The average Bonchev–Trinajstić information content (AvgIpc) is 3.13. The van der Waals surface area contributed by atoms with Crippen LogP contribution in [0.3, 0.4) is 0 Å². The number of amides is 2. The summed E-state index contributed by atoms with van der Waals surface area (Å²) in [5.41, 5.74) is 3.96. The lowest BCUT2D eigenvalue weighted by atomic mass is 10.0. The van der Waals surface area contributed by atoms with E-state index in [1.165, 1.54) is 12.1 Å². The first kappa shape index (κ1) is 23.4. The zero-order valence-corrected chi connectivity index (χ0v) is 18.1. The number of alkyl halides is 1. The van der Waals surface area contributed by atoms with Gasteiger partial charge >= 0.3 is 5.97 Å². The van der Waals surface area contributed by atoms with E-state index in [0.29, 0.717) is 5.56 Å². The molecule has 0 spiro atoms. The Hall–Kier alpha value is -3.26. The van der Waals surface area contributed by atoms with Crippen molar-refractivity contribution in [2.75, 3.05) is 12.4 Å². The van der Waals surface area contributed by atoms with E-state index in [4.69, 9.17) is 16.3 Å². The maximum absolute atomic E-state index is 13.1. The van der Waals surface area contributed by atoms with Gasteiger partial charge in [0.2, 0.25) is 11.7 Å². The number of ketones is 1. The number of carbonyl (C=O) groups is 4. The van der Waals surface area contributed by atoms with Crippen LogP contribution in [-0.4, -0.2) is 47.1 Å². The summed E-state index contributed by atoms with van der Waals surface area (Å²) in [7, 11) is 0. The number of ether oxygens (including phenoxy) is 1. The van der Waals surface area contributed by atoms with Crippen LogP contribution in [0.2, 0.25) is 0 Å². The van der Waals surface area contributed by atoms with Gasteiger partial charge in [-0.15, -0.1) is 11.6 Å². The van der Waals surface area contributed by atoms with Gasteiger partial charge in [0, 0.05) is 29.8 Å². The molecule has 1 aliphatic heterocycles. The Morgan fingerprint density at radius 1 is 1.19 bits per heavy atom. The number of hydrazine groups is 1. The molecule has 0 saturated carbocycles. The number of nitrogens with zero attached hydrogens (tertiary/aromatic N) is 1. The largest absolute Gasteiger partial charge is 0.454 e. The fourth-order valence-corrected chi connectivity index (χ4v) is 3.52. The van der Waals surface area contributed by atoms with Crippen LogP contribution in [0.15, 0.2) is 48.5 Å². The number of esters is 1. The first-order chi connectivity index (χ1) is 15.3. The van der Waals surface area contributed by atoms with Crippen molar-refractivity contribution in [2.24, 2.45) is 5.92 Å². The van der Waals surface area contributed by atoms with Crippen LogP contribution in [0.25, 0.3) is 0 Å². The molecule has 2 aromatic rings. The Morgan fingerprint density at radius 3 is 2.56 bits per heavy atom. The maximum Gasteiger partial charge on any atom is 0.312 e. The molecular weight excluding hydrogens is 439 g/mol. The number of benzene rings is 2. The summed E-state index contributed by atoms with van der Waals surface area (Å²) in [6, 6.07) is 11.7. The van der Waals surface area contributed by atoms with E-state index >= 15 is 0 Å². The summed E-state index contributed by atoms with van der Waals surface area (Å²) < 4.78 is 18.5. The second-order valence-electron chi connectivity index (χ2n) is 7.49. The van der Waals surface area contributed by atoms with Gasteiger partial charge < -0.3 is 4.74 Å². The van der Waals surface area contributed by atoms with Gasteiger partial charge in [-0.2, -0.15) is 0 Å². The van der Waals surface area contributed by atoms with Gasteiger partial charge in [0.05, 0.1) is 12.5 Å². The SMILES string of the molecule is Cc1cccc(C(=O)NN2C[C@H](C(=O)O[C@@H](CCCl)C(=O)c3ccc(F)cc3)CC2=O)c1. The Balaban J connectivity index is 1.62. The topological polar surface area (TPSA) is 92.8 Å². The lowest BCUT2D eigenvalue weighted by molar-refractivity contribution is -0.151. The summed E-state index contributed by atoms with van der Waals surface area (Å²) in [6.07, 6.45) is -1.25. The smallest absolute Gasteiger partial charge is 0.312 e. The molecule has 0 bridgehead atoms. The highest BCUT2D eigenvalue weighted by Gasteiger charge is 2.38. The van der Waals surface area contributed by atoms with Crippen molar-refractivity contribution in [2.45, 2.75) is 25.9 Å². The molecule has 1 N–H and O–H groups in total. The van der Waals surface area contributed by atoms with E-state index in [2.05, 4.69) is 5.43 Å². The van der Waals surface area contributed by atoms with E-state index in [-0.39, 0.29) is 30.8 Å². The van der Waals surface area contributed by atoms with Crippen LogP contribution in [0.1, 0.15) is 39.1 Å². The molecule has 2 amide bonds. The van der Waals surface area contributed by atoms with Crippen molar-refractivity contribution in [1.82, 2.24) is 10.4 Å². The third-order valence-electron chi connectivity index (χ3n) is 5.03. The molecule has 9 heteroatoms. The Bertz CT molecular complexity index is 1030. The number of hydrogen-bond donors (Lipinski definition) is 1. The van der Waals surface area contributed by atoms with E-state index in [1.807, 2.05) is 13.0 Å². The van der Waals surface area contributed by atoms with E-state index in [0.717, 1.165) is 22.7 Å². The van der Waals surface area contributed by atoms with Crippen LogP contribution in [0.5, 0.6) is 0 Å². The molecule has 0 unspecified atom stereocenters. The molecular formula is C23H22ClFN2O5. The molecule has 2 atom stereocenters. The predicted molar refractivity (Wildman–Crippen MR) is 114 cm³/mol. The summed E-state index contributed by atoms with van der Waals surface area (Å²) in [6.45, 7) is 1.77. The van der Waals surface area contributed by atoms with Gasteiger partial charge in [-0.05, 0) is 43.3 Å². The van der Waals surface area contributed by atoms with E-state index < -0.39 is 41.4 Å². The fourth-order valence-electron chi connectivity index (χ4n) is 3.33. The molecule has 0 aliphatic carbocycles. The molecule has 0 radical (unpaired) electrons. The highest BCUT2D eigenvalue weighted by atomic mass is 35.5. The minimum absolute atomic E-state index is 0.0627. The molecule has 7 nitrogen and oxygen atoms in total. The number of Topliss-reactive ketones (excluding diaryl/α,β-unsaturated/α-hetero) is 1. The van der Waals surface area contributed by atoms with E-state index in [9.17, 15) is 23.6 Å². The van der Waals surface area contributed by atoms with Crippen LogP contribution in [0.4, 0.5) is 4.39 Å². The summed E-state index contributed by atoms with van der Waals surface area (Å²) in [5.74, 6) is -3.44. The van der Waals surface area contributed by atoms with Crippen molar-refractivity contribution < 1.29 is 28.3 Å². The van der Waals surface area contributed by atoms with Crippen LogP contribution in [-0.2, 0) is 14.3 Å². The fraction of sp³-hybridized carbons (Fsp3) is 0.304. The summed E-state index contributed by atoms with van der Waals surface area (Å²) >= 11 is 5.76. The highest BCUT2D eigenvalue weighted by molar-refractivity contribution is 6.18. The normalized spacial score (nSPS) is 16.5. The monoisotopic (exact) mass is 460 g/mol. The van der Waals surface area contributed by atoms with Gasteiger partial charge in [-0.1, -0.05) is 17.7 Å². The molecule has 2 aromatic carbocycles. The third-order valence-corrected chi connectivity index (χ3v) is 5.24. The van der Waals surface area contributed by atoms with Crippen LogP contribution < -0.4 is 5.43 Å². The van der Waals surface area contributed by atoms with Crippen molar-refractivity contribution in [3.05, 3.63) is 71.0 Å². The lowest BCUT2D eigenvalue weighted by Crippen LogP contribution is -2.43. The standard InChI is InChI=1S/C23H22ClFN2O5/c1-14-3-2-4-16(11-14)22(30)26-27-13-17(12-20(27)28)23(31)32-19(9-10-24)21(29)15-5-7-18(25)8-6-15/h2-8,11,17,19H,9-10,12-13H2,1H3,(H,26,30)/t17-,19+/m1/s1. The van der Waals surface area contributed by atoms with Crippen molar-refractivity contribution in [1.29, 1.82) is 0 Å². The maximum atomic E-state index is 13.1. The van der Waals surface area contributed by atoms with Crippen molar-refractivity contribution in [3.63, 3.8) is 0 Å².